The average Bonchev–Trinajstić information content (AvgIpc) is 2.91. The highest BCUT2D eigenvalue weighted by molar-refractivity contribution is 7.97. The minimum atomic E-state index is -4.81. The van der Waals surface area contributed by atoms with Crippen molar-refractivity contribution in [2.24, 2.45) is 5.73 Å². The predicted molar refractivity (Wildman–Crippen MR) is 114 cm³/mol. The zero-order chi connectivity index (χ0) is 22.8. The van der Waals surface area contributed by atoms with E-state index < -0.39 is 12.2 Å². The second-order valence-electron chi connectivity index (χ2n) is 6.97. The fraction of sp³-hybridized carbons (Fsp3) is 0.286. The normalized spacial score (nSPS) is 12.7. The lowest BCUT2D eigenvalue weighted by molar-refractivity contribution is -0.274. The molecular weight excluding hydrogens is 432 g/mol. The number of alkyl halides is 3. The molecule has 0 bridgehead atoms. The van der Waals surface area contributed by atoms with E-state index in [1.54, 1.807) is 23.9 Å². The van der Waals surface area contributed by atoms with Crippen LogP contribution in [0.2, 0.25) is 0 Å². The lowest BCUT2D eigenvalue weighted by Gasteiger charge is -2.10. The van der Waals surface area contributed by atoms with Crippen LogP contribution in [0.5, 0.6) is 5.75 Å². The fourth-order valence-corrected chi connectivity index (χ4v) is 4.10. The Morgan fingerprint density at radius 2 is 2.00 bits per heavy atom. The Hall–Kier alpha value is -2.56. The third-order valence-corrected chi connectivity index (χ3v) is 5.27. The number of rotatable bonds is 7. The Bertz CT molecular complexity index is 1110. The number of hydrogen-bond acceptors (Lipinski definition) is 5. The fourth-order valence-electron chi connectivity index (χ4n) is 3.39. The van der Waals surface area contributed by atoms with E-state index in [0.717, 1.165) is 4.90 Å². The van der Waals surface area contributed by atoms with Crippen molar-refractivity contribution in [2.75, 3.05) is 20.6 Å². The molecule has 2 N–H and O–H groups in total. The number of aromatic nitrogens is 2. The van der Waals surface area contributed by atoms with Gasteiger partial charge in [-0.25, -0.2) is 4.39 Å². The van der Waals surface area contributed by atoms with Crippen LogP contribution in [-0.2, 0) is 6.54 Å². The summed E-state index contributed by atoms with van der Waals surface area (Å²) in [5.41, 5.74) is 8.04. The zero-order valence-corrected chi connectivity index (χ0v) is 18.0. The van der Waals surface area contributed by atoms with Crippen molar-refractivity contribution in [2.45, 2.75) is 24.7 Å². The summed E-state index contributed by atoms with van der Waals surface area (Å²) in [4.78, 5) is 5.13. The molecule has 0 atom stereocenters. The van der Waals surface area contributed by atoms with Crippen LogP contribution in [0.3, 0.4) is 0 Å². The summed E-state index contributed by atoms with van der Waals surface area (Å²) in [6.45, 7) is 1.76. The first kappa shape index (κ1) is 23.1. The van der Waals surface area contributed by atoms with Gasteiger partial charge in [0, 0.05) is 51.6 Å². The maximum absolute atomic E-state index is 14.3. The summed E-state index contributed by atoms with van der Waals surface area (Å²) in [6, 6.07) is 5.93. The number of allylic oxidation sites excluding steroid dienone is 1. The van der Waals surface area contributed by atoms with Crippen LogP contribution in [0.15, 0.2) is 53.5 Å². The molecule has 0 aliphatic rings. The third-order valence-electron chi connectivity index (χ3n) is 4.47. The molecule has 3 aromatic rings. The SMILES string of the molecule is Cc1c(-c2cncc(SN(C)C)c2)c2cc(OC(F)(F)F)ccc2n1C/C(F)=C/CN. The number of nitrogens with zero attached hydrogens (tertiary/aromatic N) is 3. The molecule has 0 amide bonds. The smallest absolute Gasteiger partial charge is 0.406 e. The van der Waals surface area contributed by atoms with Gasteiger partial charge in [0.25, 0.3) is 0 Å². The van der Waals surface area contributed by atoms with Gasteiger partial charge in [-0.05, 0) is 63.3 Å². The minimum absolute atomic E-state index is 0.0498. The van der Waals surface area contributed by atoms with Crippen LogP contribution < -0.4 is 10.5 Å². The first-order valence-electron chi connectivity index (χ1n) is 9.33. The minimum Gasteiger partial charge on any atom is -0.406 e. The monoisotopic (exact) mass is 454 g/mol. The number of benzene rings is 1. The van der Waals surface area contributed by atoms with Gasteiger partial charge in [-0.15, -0.1) is 13.2 Å². The van der Waals surface area contributed by atoms with Crippen molar-refractivity contribution in [3.63, 3.8) is 0 Å². The van der Waals surface area contributed by atoms with Crippen molar-refractivity contribution in [1.82, 2.24) is 13.9 Å². The van der Waals surface area contributed by atoms with Crippen LogP contribution in [0, 0.1) is 6.92 Å². The zero-order valence-electron chi connectivity index (χ0n) is 17.2. The maximum atomic E-state index is 14.3. The van der Waals surface area contributed by atoms with Gasteiger partial charge in [0.05, 0.1) is 6.54 Å². The van der Waals surface area contributed by atoms with E-state index in [1.165, 1.54) is 36.2 Å². The number of ether oxygens (including phenoxy) is 1. The molecular formula is C21H22F4N4OS. The molecule has 0 aliphatic carbocycles. The lowest BCUT2D eigenvalue weighted by Crippen LogP contribution is -2.17. The van der Waals surface area contributed by atoms with Crippen molar-refractivity contribution >= 4 is 22.9 Å². The largest absolute Gasteiger partial charge is 0.573 e. The molecule has 0 spiro atoms. The van der Waals surface area contributed by atoms with Gasteiger partial charge < -0.3 is 15.0 Å². The molecule has 3 rings (SSSR count). The van der Waals surface area contributed by atoms with E-state index in [-0.39, 0.29) is 18.8 Å². The van der Waals surface area contributed by atoms with Crippen molar-refractivity contribution in [3.8, 4) is 16.9 Å². The lowest BCUT2D eigenvalue weighted by atomic mass is 10.0. The summed E-state index contributed by atoms with van der Waals surface area (Å²) in [7, 11) is 3.78. The highest BCUT2D eigenvalue weighted by atomic mass is 32.2. The summed E-state index contributed by atoms with van der Waals surface area (Å²) >= 11 is 1.46. The molecule has 5 nitrogen and oxygen atoms in total. The van der Waals surface area contributed by atoms with E-state index in [1.807, 2.05) is 24.5 Å². The first-order chi connectivity index (χ1) is 14.6. The molecule has 0 saturated heterocycles. The molecule has 166 valence electrons. The molecule has 31 heavy (non-hydrogen) atoms. The van der Waals surface area contributed by atoms with Gasteiger partial charge in [0.15, 0.2) is 0 Å². The Morgan fingerprint density at radius 3 is 2.65 bits per heavy atom. The van der Waals surface area contributed by atoms with Gasteiger partial charge in [-0.1, -0.05) is 0 Å². The first-order valence-corrected chi connectivity index (χ1v) is 10.1. The number of fused-ring (bicyclic) bond motifs is 1. The Kier molecular flexibility index (Phi) is 6.93. The van der Waals surface area contributed by atoms with Gasteiger partial charge in [0.1, 0.15) is 11.6 Å². The van der Waals surface area contributed by atoms with E-state index in [2.05, 4.69) is 9.72 Å². The Labute approximate surface area is 181 Å². The molecule has 0 unspecified atom stereocenters. The van der Waals surface area contributed by atoms with Crippen LogP contribution in [0.4, 0.5) is 17.6 Å². The molecule has 1 aromatic carbocycles. The van der Waals surface area contributed by atoms with Gasteiger partial charge in [0.2, 0.25) is 0 Å². The average molecular weight is 454 g/mol. The van der Waals surface area contributed by atoms with E-state index in [0.29, 0.717) is 27.7 Å². The maximum Gasteiger partial charge on any atom is 0.573 e. The second kappa shape index (κ2) is 9.29. The van der Waals surface area contributed by atoms with Crippen molar-refractivity contribution < 1.29 is 22.3 Å². The molecule has 2 aromatic heterocycles. The van der Waals surface area contributed by atoms with Crippen LogP contribution in [0.25, 0.3) is 22.0 Å². The molecule has 2 heterocycles. The summed E-state index contributed by atoms with van der Waals surface area (Å²) in [6.07, 6.45) is -0.215. The summed E-state index contributed by atoms with van der Waals surface area (Å²) in [5.74, 6) is -0.775. The molecule has 0 fully saturated rings. The number of hydrogen-bond donors (Lipinski definition) is 1. The number of pyridine rings is 1. The number of nitrogens with two attached hydrogens (primary N) is 1. The highest BCUT2D eigenvalue weighted by Crippen LogP contribution is 2.39. The van der Waals surface area contributed by atoms with Gasteiger partial charge >= 0.3 is 6.36 Å². The van der Waals surface area contributed by atoms with E-state index in [4.69, 9.17) is 5.73 Å². The van der Waals surface area contributed by atoms with Gasteiger partial charge in [-0.3, -0.25) is 9.29 Å². The Balaban J connectivity index is 2.21. The predicted octanol–water partition coefficient (Wildman–Crippen LogP) is 5.29. The topological polar surface area (TPSA) is 56.3 Å². The van der Waals surface area contributed by atoms with Crippen LogP contribution in [-0.4, -0.2) is 40.9 Å². The third kappa shape index (κ3) is 5.57. The number of halogens is 4. The highest BCUT2D eigenvalue weighted by Gasteiger charge is 2.31. The molecule has 10 heteroatoms. The quantitative estimate of drug-likeness (QED) is 0.388. The molecule has 0 saturated carbocycles. The molecule has 0 aliphatic heterocycles. The van der Waals surface area contributed by atoms with Gasteiger partial charge in [-0.2, -0.15) is 0 Å². The van der Waals surface area contributed by atoms with E-state index in [9.17, 15) is 17.6 Å². The summed E-state index contributed by atoms with van der Waals surface area (Å²) in [5, 5.41) is 0.508. The van der Waals surface area contributed by atoms with Crippen LogP contribution in [0.1, 0.15) is 5.69 Å². The van der Waals surface area contributed by atoms with Crippen LogP contribution >= 0.6 is 11.9 Å². The molecule has 0 radical (unpaired) electrons. The summed E-state index contributed by atoms with van der Waals surface area (Å²) < 4.78 is 60.3. The van der Waals surface area contributed by atoms with Crippen molar-refractivity contribution in [1.29, 1.82) is 0 Å². The van der Waals surface area contributed by atoms with E-state index >= 15 is 0 Å². The second-order valence-corrected chi connectivity index (χ2v) is 8.36. The standard InChI is InChI=1S/C21H22F4N4OS/c1-13-20(14-8-17(11-27-10-14)31-28(2)3)18-9-16(30-21(23,24)25)4-5-19(18)29(13)12-15(22)6-7-26/h4-6,8-11H,7,12,26H2,1-3H3/b15-6-. The van der Waals surface area contributed by atoms with Crippen molar-refractivity contribution in [3.05, 3.63) is 54.3 Å². The Morgan fingerprint density at radius 1 is 1.26 bits per heavy atom.